The van der Waals surface area contributed by atoms with Crippen LogP contribution >= 0.6 is 0 Å². The quantitative estimate of drug-likeness (QED) is 0.332. The number of fused-ring (bicyclic) bond motifs is 4. The van der Waals surface area contributed by atoms with Crippen LogP contribution in [0.4, 0.5) is 0 Å². The molecule has 0 aliphatic carbocycles. The van der Waals surface area contributed by atoms with E-state index in [1.54, 1.807) is 43.8 Å². The monoisotopic (exact) mass is 457 g/mol. The van der Waals surface area contributed by atoms with Crippen molar-refractivity contribution in [1.29, 1.82) is 0 Å². The van der Waals surface area contributed by atoms with Gasteiger partial charge in [-0.1, -0.05) is 6.07 Å². The fourth-order valence-electron chi connectivity index (χ4n) is 4.50. The highest BCUT2D eigenvalue weighted by Gasteiger charge is 2.39. The number of methoxy groups -OCH3 is 1. The summed E-state index contributed by atoms with van der Waals surface area (Å²) in [6.45, 7) is 0.842. The van der Waals surface area contributed by atoms with Crippen molar-refractivity contribution < 1.29 is 33.3 Å². The Balaban J connectivity index is 1.48. The molecule has 3 aliphatic heterocycles. The fourth-order valence-corrected chi connectivity index (χ4v) is 4.50. The lowest BCUT2D eigenvalue weighted by Gasteiger charge is -2.28. The first kappa shape index (κ1) is 20.3. The average Bonchev–Trinajstić information content (AvgIpc) is 3.18. The van der Waals surface area contributed by atoms with Gasteiger partial charge in [0.05, 0.1) is 19.1 Å². The van der Waals surface area contributed by atoms with E-state index in [-0.39, 0.29) is 23.9 Å². The SMILES string of the molecule is COc1cc(C2CC(=O)Oc3ccc4c(c32)O/C(=C\c2cccnc2)C4=O)cc2c1OCCO2. The highest BCUT2D eigenvalue weighted by molar-refractivity contribution is 6.15. The summed E-state index contributed by atoms with van der Waals surface area (Å²) in [5.41, 5.74) is 2.57. The summed E-state index contributed by atoms with van der Waals surface area (Å²) in [6.07, 6.45) is 5.03. The van der Waals surface area contributed by atoms with Gasteiger partial charge in [0.2, 0.25) is 11.5 Å². The molecule has 3 aromatic rings. The van der Waals surface area contributed by atoms with Crippen molar-refractivity contribution in [2.75, 3.05) is 20.3 Å². The summed E-state index contributed by atoms with van der Waals surface area (Å²) in [6, 6.07) is 10.5. The van der Waals surface area contributed by atoms with Crippen molar-refractivity contribution in [3.05, 3.63) is 76.8 Å². The Morgan fingerprint density at radius 3 is 2.74 bits per heavy atom. The van der Waals surface area contributed by atoms with Gasteiger partial charge in [0.15, 0.2) is 17.3 Å². The second-order valence-electron chi connectivity index (χ2n) is 8.06. The molecule has 0 saturated heterocycles. The molecule has 0 spiro atoms. The Bertz CT molecular complexity index is 1350. The number of aromatic nitrogens is 1. The normalized spacial score (nSPS) is 19.2. The third-order valence-electron chi connectivity index (χ3n) is 6.01. The molecule has 8 heteroatoms. The zero-order valence-corrected chi connectivity index (χ0v) is 18.2. The van der Waals surface area contributed by atoms with Crippen LogP contribution in [0.3, 0.4) is 0 Å². The molecular weight excluding hydrogens is 438 g/mol. The van der Waals surface area contributed by atoms with E-state index < -0.39 is 5.92 Å². The number of carbonyl (C=O) groups excluding carboxylic acids is 2. The molecule has 170 valence electrons. The summed E-state index contributed by atoms with van der Waals surface area (Å²) >= 11 is 0. The van der Waals surface area contributed by atoms with E-state index in [0.717, 1.165) is 11.1 Å². The molecule has 3 aliphatic rings. The third-order valence-corrected chi connectivity index (χ3v) is 6.01. The smallest absolute Gasteiger partial charge is 0.312 e. The van der Waals surface area contributed by atoms with E-state index in [1.165, 1.54) is 0 Å². The average molecular weight is 457 g/mol. The Kier molecular flexibility index (Phi) is 4.72. The van der Waals surface area contributed by atoms with E-state index in [4.69, 9.17) is 23.7 Å². The number of benzene rings is 2. The Labute approximate surface area is 194 Å². The van der Waals surface area contributed by atoms with Crippen molar-refractivity contribution >= 4 is 17.8 Å². The van der Waals surface area contributed by atoms with Crippen LogP contribution in [0.1, 0.15) is 39.4 Å². The fraction of sp³-hybridized carbons (Fsp3) is 0.192. The van der Waals surface area contributed by atoms with Crippen molar-refractivity contribution in [3.8, 4) is 28.7 Å². The third kappa shape index (κ3) is 3.26. The number of hydrogen-bond donors (Lipinski definition) is 0. The van der Waals surface area contributed by atoms with Crippen LogP contribution in [-0.2, 0) is 4.79 Å². The molecule has 8 nitrogen and oxygen atoms in total. The van der Waals surface area contributed by atoms with Gasteiger partial charge in [-0.3, -0.25) is 14.6 Å². The number of nitrogens with zero attached hydrogens (tertiary/aromatic N) is 1. The van der Waals surface area contributed by atoms with Gasteiger partial charge in [-0.05, 0) is 47.5 Å². The topological polar surface area (TPSA) is 93.2 Å². The first-order valence-electron chi connectivity index (χ1n) is 10.8. The standard InChI is InChI=1S/C26H19NO7/c1-30-20-10-15(11-21-26(20)32-8-7-31-21)17-12-22(28)33-18-5-4-16-24(29)19(34-25(16)23(17)18)9-14-3-2-6-27-13-14/h2-6,9-11,13,17H,7-8,12H2,1H3/b19-9-. The van der Waals surface area contributed by atoms with Gasteiger partial charge in [0.1, 0.15) is 24.7 Å². The van der Waals surface area contributed by atoms with Crippen molar-refractivity contribution in [1.82, 2.24) is 4.98 Å². The lowest BCUT2D eigenvalue weighted by Crippen LogP contribution is -2.22. The van der Waals surface area contributed by atoms with Crippen molar-refractivity contribution in [2.45, 2.75) is 12.3 Å². The maximum Gasteiger partial charge on any atom is 0.312 e. The molecule has 2 aromatic carbocycles. The summed E-state index contributed by atoms with van der Waals surface area (Å²) in [5.74, 6) is 1.49. The predicted molar refractivity (Wildman–Crippen MR) is 120 cm³/mol. The van der Waals surface area contributed by atoms with Crippen molar-refractivity contribution in [2.24, 2.45) is 0 Å². The molecule has 0 fully saturated rings. The van der Waals surface area contributed by atoms with Crippen LogP contribution in [0.5, 0.6) is 28.7 Å². The van der Waals surface area contributed by atoms with E-state index in [1.807, 2.05) is 18.2 Å². The van der Waals surface area contributed by atoms with Crippen LogP contribution in [0.2, 0.25) is 0 Å². The lowest BCUT2D eigenvalue weighted by atomic mass is 9.84. The molecular formula is C26H19NO7. The Morgan fingerprint density at radius 1 is 1.03 bits per heavy atom. The second kappa shape index (κ2) is 7.91. The minimum absolute atomic E-state index is 0.0749. The zero-order valence-electron chi connectivity index (χ0n) is 18.2. The number of allylic oxidation sites excluding steroid dienone is 1. The van der Waals surface area contributed by atoms with Crippen LogP contribution in [-0.4, -0.2) is 37.1 Å². The summed E-state index contributed by atoms with van der Waals surface area (Å²) < 4.78 is 28.6. The minimum atomic E-state index is -0.429. The maximum absolute atomic E-state index is 13.1. The number of rotatable bonds is 3. The molecule has 0 saturated carbocycles. The number of hydrogen-bond acceptors (Lipinski definition) is 8. The number of carbonyl (C=O) groups is 2. The van der Waals surface area contributed by atoms with Gasteiger partial charge in [0, 0.05) is 23.9 Å². The van der Waals surface area contributed by atoms with Gasteiger partial charge < -0.3 is 23.7 Å². The van der Waals surface area contributed by atoms with Crippen LogP contribution in [0, 0.1) is 0 Å². The van der Waals surface area contributed by atoms with Gasteiger partial charge in [-0.25, -0.2) is 0 Å². The van der Waals surface area contributed by atoms with E-state index in [2.05, 4.69) is 4.98 Å². The Morgan fingerprint density at radius 2 is 1.91 bits per heavy atom. The molecule has 1 aromatic heterocycles. The largest absolute Gasteiger partial charge is 0.493 e. The van der Waals surface area contributed by atoms with Crippen LogP contribution in [0.15, 0.2) is 54.6 Å². The molecule has 0 bridgehead atoms. The highest BCUT2D eigenvalue weighted by Crippen LogP contribution is 2.51. The first-order chi connectivity index (χ1) is 16.6. The lowest BCUT2D eigenvalue weighted by molar-refractivity contribution is -0.135. The number of esters is 1. The van der Waals surface area contributed by atoms with Gasteiger partial charge in [-0.15, -0.1) is 0 Å². The number of Topliss-reactive ketones (excluding diaryl/α,β-unsaturated/α-hetero) is 1. The van der Waals surface area contributed by atoms with Gasteiger partial charge in [0.25, 0.3) is 0 Å². The van der Waals surface area contributed by atoms with Crippen LogP contribution < -0.4 is 23.7 Å². The molecule has 4 heterocycles. The summed E-state index contributed by atoms with van der Waals surface area (Å²) in [4.78, 5) is 29.7. The molecule has 0 N–H and O–H groups in total. The molecule has 0 amide bonds. The molecule has 1 unspecified atom stereocenters. The molecule has 0 radical (unpaired) electrons. The van der Waals surface area contributed by atoms with Crippen molar-refractivity contribution in [3.63, 3.8) is 0 Å². The second-order valence-corrected chi connectivity index (χ2v) is 8.06. The van der Waals surface area contributed by atoms with Crippen LogP contribution in [0.25, 0.3) is 6.08 Å². The maximum atomic E-state index is 13.1. The highest BCUT2D eigenvalue weighted by atomic mass is 16.6. The Hall–Kier alpha value is -4.33. The first-order valence-corrected chi connectivity index (χ1v) is 10.8. The van der Waals surface area contributed by atoms with E-state index >= 15 is 0 Å². The summed E-state index contributed by atoms with van der Waals surface area (Å²) in [5, 5.41) is 0. The number of pyridine rings is 1. The zero-order chi connectivity index (χ0) is 23.2. The minimum Gasteiger partial charge on any atom is -0.493 e. The van der Waals surface area contributed by atoms with E-state index in [0.29, 0.717) is 53.1 Å². The number of ether oxygens (including phenoxy) is 5. The van der Waals surface area contributed by atoms with Gasteiger partial charge in [-0.2, -0.15) is 0 Å². The summed E-state index contributed by atoms with van der Waals surface area (Å²) in [7, 11) is 1.55. The molecule has 34 heavy (non-hydrogen) atoms. The van der Waals surface area contributed by atoms with Gasteiger partial charge >= 0.3 is 5.97 Å². The van der Waals surface area contributed by atoms with E-state index in [9.17, 15) is 9.59 Å². The number of ketones is 1. The molecule has 6 rings (SSSR count). The molecule has 1 atom stereocenters. The predicted octanol–water partition coefficient (Wildman–Crippen LogP) is 3.92.